The van der Waals surface area contributed by atoms with Crippen LogP contribution in [-0.4, -0.2) is 13.2 Å². The number of hydrogen-bond acceptors (Lipinski definition) is 2. The van der Waals surface area contributed by atoms with E-state index in [1.165, 1.54) is 31.2 Å². The minimum absolute atomic E-state index is 0.786. The van der Waals surface area contributed by atoms with Crippen LogP contribution < -0.4 is 10.1 Å². The Hall–Kier alpha value is -0.540. The van der Waals surface area contributed by atoms with E-state index < -0.39 is 0 Å². The summed E-state index contributed by atoms with van der Waals surface area (Å²) in [4.78, 5) is 0. The van der Waals surface area contributed by atoms with Gasteiger partial charge in [-0.05, 0) is 55.8 Å². The first kappa shape index (κ1) is 16.8. The molecule has 0 bridgehead atoms. The first-order chi connectivity index (χ1) is 10.2. The van der Waals surface area contributed by atoms with Gasteiger partial charge in [-0.3, -0.25) is 0 Å². The van der Waals surface area contributed by atoms with Gasteiger partial charge in [0.25, 0.3) is 0 Å². The van der Waals surface area contributed by atoms with Crippen LogP contribution >= 0.6 is 15.9 Å². The molecule has 21 heavy (non-hydrogen) atoms. The molecule has 1 aromatic carbocycles. The molecule has 1 aliphatic rings. The molecule has 1 aliphatic carbocycles. The number of nitrogens with one attached hydrogen (secondary N) is 1. The maximum absolute atomic E-state index is 5.84. The Bertz CT molecular complexity index is 435. The number of benzene rings is 1. The molecule has 1 N–H and O–H groups in total. The minimum Gasteiger partial charge on any atom is -0.493 e. The summed E-state index contributed by atoms with van der Waals surface area (Å²) < 4.78 is 6.96. The maximum atomic E-state index is 5.84. The molecular formula is C18H28BrNO. The lowest BCUT2D eigenvalue weighted by Crippen LogP contribution is -2.26. The van der Waals surface area contributed by atoms with Crippen molar-refractivity contribution in [1.29, 1.82) is 0 Å². The molecule has 0 aliphatic heterocycles. The summed E-state index contributed by atoms with van der Waals surface area (Å²) in [5.41, 5.74) is 1.25. The monoisotopic (exact) mass is 353 g/mol. The van der Waals surface area contributed by atoms with Gasteiger partial charge >= 0.3 is 0 Å². The van der Waals surface area contributed by atoms with Gasteiger partial charge in [0.15, 0.2) is 0 Å². The van der Waals surface area contributed by atoms with Gasteiger partial charge < -0.3 is 10.1 Å². The molecule has 2 rings (SSSR count). The van der Waals surface area contributed by atoms with E-state index in [1.807, 2.05) is 0 Å². The van der Waals surface area contributed by atoms with Crippen LogP contribution in [0.1, 0.15) is 51.5 Å². The molecule has 0 amide bonds. The molecule has 118 valence electrons. The van der Waals surface area contributed by atoms with Crippen LogP contribution in [0.3, 0.4) is 0 Å². The zero-order valence-electron chi connectivity index (χ0n) is 13.3. The number of hydrogen-bond donors (Lipinski definition) is 1. The zero-order valence-corrected chi connectivity index (χ0v) is 14.9. The van der Waals surface area contributed by atoms with Gasteiger partial charge in [-0.1, -0.05) is 42.6 Å². The van der Waals surface area contributed by atoms with Crippen LogP contribution in [0.5, 0.6) is 5.75 Å². The second-order valence-corrected chi connectivity index (χ2v) is 7.28. The predicted octanol–water partition coefficient (Wildman–Crippen LogP) is 5.15. The molecular weight excluding hydrogens is 326 g/mol. The second-order valence-electron chi connectivity index (χ2n) is 6.37. The fourth-order valence-corrected chi connectivity index (χ4v) is 3.60. The predicted molar refractivity (Wildman–Crippen MR) is 92.8 cm³/mol. The second kappa shape index (κ2) is 8.79. The van der Waals surface area contributed by atoms with E-state index in [2.05, 4.69) is 53.3 Å². The lowest BCUT2D eigenvalue weighted by atomic mass is 9.82. The topological polar surface area (TPSA) is 21.3 Å². The van der Waals surface area contributed by atoms with Crippen molar-refractivity contribution < 1.29 is 4.74 Å². The first-order valence-electron chi connectivity index (χ1n) is 8.31. The summed E-state index contributed by atoms with van der Waals surface area (Å²) in [5.74, 6) is 2.77. The van der Waals surface area contributed by atoms with Crippen molar-refractivity contribution in [3.63, 3.8) is 0 Å². The van der Waals surface area contributed by atoms with E-state index in [0.717, 1.165) is 48.2 Å². The summed E-state index contributed by atoms with van der Waals surface area (Å²) in [5, 5.41) is 3.64. The molecule has 2 unspecified atom stereocenters. The Morgan fingerprint density at radius 1 is 1.33 bits per heavy atom. The van der Waals surface area contributed by atoms with Crippen molar-refractivity contribution in [2.45, 2.75) is 52.5 Å². The smallest absolute Gasteiger partial charge is 0.123 e. The highest BCUT2D eigenvalue weighted by molar-refractivity contribution is 9.10. The average Bonchev–Trinajstić information content (AvgIpc) is 2.46. The highest BCUT2D eigenvalue weighted by Crippen LogP contribution is 2.28. The fraction of sp³-hybridized carbons (Fsp3) is 0.667. The van der Waals surface area contributed by atoms with E-state index in [4.69, 9.17) is 4.74 Å². The van der Waals surface area contributed by atoms with Gasteiger partial charge in [0.1, 0.15) is 5.75 Å². The van der Waals surface area contributed by atoms with E-state index in [0.29, 0.717) is 0 Å². The highest BCUT2D eigenvalue weighted by Gasteiger charge is 2.18. The normalized spacial score (nSPS) is 22.2. The first-order valence-corrected chi connectivity index (χ1v) is 9.10. The van der Waals surface area contributed by atoms with Gasteiger partial charge in [-0.25, -0.2) is 0 Å². The molecule has 2 atom stereocenters. The Morgan fingerprint density at radius 2 is 2.19 bits per heavy atom. The lowest BCUT2D eigenvalue weighted by molar-refractivity contribution is 0.273. The third kappa shape index (κ3) is 5.63. The maximum Gasteiger partial charge on any atom is 0.123 e. The summed E-state index contributed by atoms with van der Waals surface area (Å²) in [6.07, 6.45) is 6.62. The van der Waals surface area contributed by atoms with Gasteiger partial charge in [-0.15, -0.1) is 0 Å². The number of ether oxygens (including phenoxy) is 1. The Kier molecular flexibility index (Phi) is 7.05. The number of rotatable bonds is 7. The molecule has 1 aromatic rings. The van der Waals surface area contributed by atoms with Crippen LogP contribution in [0.15, 0.2) is 22.7 Å². The van der Waals surface area contributed by atoms with Crippen LogP contribution in [0, 0.1) is 11.8 Å². The summed E-state index contributed by atoms with van der Waals surface area (Å²) in [6, 6.07) is 6.29. The summed E-state index contributed by atoms with van der Waals surface area (Å²) in [7, 11) is 0. The van der Waals surface area contributed by atoms with E-state index in [9.17, 15) is 0 Å². The number of halogens is 1. The Morgan fingerprint density at radius 3 is 2.95 bits per heavy atom. The third-order valence-corrected chi connectivity index (χ3v) is 4.77. The molecule has 0 radical (unpaired) electrons. The van der Waals surface area contributed by atoms with Crippen LogP contribution in [0.2, 0.25) is 0 Å². The molecule has 0 saturated heterocycles. The summed E-state index contributed by atoms with van der Waals surface area (Å²) >= 11 is 3.56. The van der Waals surface area contributed by atoms with E-state index in [-0.39, 0.29) is 0 Å². The van der Waals surface area contributed by atoms with Crippen LogP contribution in [0.25, 0.3) is 0 Å². The largest absolute Gasteiger partial charge is 0.493 e. The molecule has 0 aromatic heterocycles. The third-order valence-electron chi connectivity index (χ3n) is 4.28. The van der Waals surface area contributed by atoms with Crippen LogP contribution in [-0.2, 0) is 6.54 Å². The SMILES string of the molecule is CCCOc1ccc(Br)cc1CNCC1CCCC(C)C1. The fourth-order valence-electron chi connectivity index (χ4n) is 3.20. The molecule has 2 nitrogen and oxygen atoms in total. The van der Waals surface area contributed by atoms with Crippen molar-refractivity contribution in [3.05, 3.63) is 28.2 Å². The van der Waals surface area contributed by atoms with Gasteiger partial charge in [-0.2, -0.15) is 0 Å². The zero-order chi connectivity index (χ0) is 15.1. The summed E-state index contributed by atoms with van der Waals surface area (Å²) in [6.45, 7) is 7.33. The van der Waals surface area contributed by atoms with Crippen molar-refractivity contribution in [2.75, 3.05) is 13.2 Å². The standard InChI is InChI=1S/C18H28BrNO/c1-3-9-21-18-8-7-17(19)11-16(18)13-20-12-15-6-4-5-14(2)10-15/h7-8,11,14-15,20H,3-6,9-10,12-13H2,1-2H3. The van der Waals surface area contributed by atoms with Crippen molar-refractivity contribution >= 4 is 15.9 Å². The Labute approximate surface area is 137 Å². The lowest BCUT2D eigenvalue weighted by Gasteiger charge is -2.27. The molecule has 0 spiro atoms. The molecule has 1 fully saturated rings. The highest BCUT2D eigenvalue weighted by atomic mass is 79.9. The molecule has 1 saturated carbocycles. The van der Waals surface area contributed by atoms with E-state index in [1.54, 1.807) is 0 Å². The van der Waals surface area contributed by atoms with Crippen molar-refractivity contribution in [3.8, 4) is 5.75 Å². The van der Waals surface area contributed by atoms with Crippen LogP contribution in [0.4, 0.5) is 0 Å². The van der Waals surface area contributed by atoms with Crippen molar-refractivity contribution in [2.24, 2.45) is 11.8 Å². The van der Waals surface area contributed by atoms with Gasteiger partial charge in [0.05, 0.1) is 6.61 Å². The van der Waals surface area contributed by atoms with Gasteiger partial charge in [0.2, 0.25) is 0 Å². The van der Waals surface area contributed by atoms with Gasteiger partial charge in [0, 0.05) is 16.6 Å². The average molecular weight is 354 g/mol. The minimum atomic E-state index is 0.786. The molecule has 0 heterocycles. The Balaban J connectivity index is 1.85. The quantitative estimate of drug-likeness (QED) is 0.731. The molecule has 3 heteroatoms. The van der Waals surface area contributed by atoms with Crippen molar-refractivity contribution in [1.82, 2.24) is 5.32 Å². The van der Waals surface area contributed by atoms with E-state index >= 15 is 0 Å².